The molecular weight excluding hydrogens is 394 g/mol. The van der Waals surface area contributed by atoms with Gasteiger partial charge in [0.1, 0.15) is 5.58 Å². The lowest BCUT2D eigenvalue weighted by molar-refractivity contribution is 0.559. The van der Waals surface area contributed by atoms with Crippen molar-refractivity contribution in [2.24, 2.45) is 7.05 Å². The molecule has 7 heteroatoms. The van der Waals surface area contributed by atoms with Gasteiger partial charge in [0.2, 0.25) is 0 Å². The Morgan fingerprint density at radius 3 is 2.61 bits per heavy atom. The summed E-state index contributed by atoms with van der Waals surface area (Å²) < 4.78 is 7.29. The molecule has 0 fully saturated rings. The molecule has 142 valence electrons. The van der Waals surface area contributed by atoms with Crippen LogP contribution < -0.4 is 5.63 Å². The second-order valence-electron chi connectivity index (χ2n) is 6.71. The maximum atomic E-state index is 12.0. The van der Waals surface area contributed by atoms with Crippen LogP contribution >= 0.6 is 23.4 Å². The SMILES string of the molecule is Cc1ccc(-c2nnc(SCc3cc(=O)oc4cc(C)c(Cl)cc34)n2C)cc1. The van der Waals surface area contributed by atoms with E-state index < -0.39 is 0 Å². The molecule has 0 radical (unpaired) electrons. The smallest absolute Gasteiger partial charge is 0.336 e. The summed E-state index contributed by atoms with van der Waals surface area (Å²) >= 11 is 7.79. The van der Waals surface area contributed by atoms with Gasteiger partial charge in [0, 0.05) is 34.8 Å². The van der Waals surface area contributed by atoms with Crippen molar-refractivity contribution in [2.45, 2.75) is 24.8 Å². The standard InChI is InChI=1S/C21H18ClN3O2S/c1-12-4-6-14(7-5-12)20-23-24-21(25(20)3)28-11-15-9-19(26)27-18-8-13(2)17(22)10-16(15)18/h4-10H,11H2,1-3H3. The summed E-state index contributed by atoms with van der Waals surface area (Å²) in [5, 5.41) is 10.9. The monoisotopic (exact) mass is 411 g/mol. The largest absolute Gasteiger partial charge is 0.423 e. The number of hydrogen-bond donors (Lipinski definition) is 0. The Labute approximate surface area is 171 Å². The zero-order chi connectivity index (χ0) is 19.8. The van der Waals surface area contributed by atoms with Crippen LogP contribution in [0.25, 0.3) is 22.4 Å². The molecule has 4 rings (SSSR count). The summed E-state index contributed by atoms with van der Waals surface area (Å²) in [4.78, 5) is 12.0. The Morgan fingerprint density at radius 1 is 1.11 bits per heavy atom. The molecule has 0 N–H and O–H groups in total. The molecule has 0 amide bonds. The summed E-state index contributed by atoms with van der Waals surface area (Å²) in [5.41, 5.74) is 4.12. The Kier molecular flexibility index (Phi) is 5.00. The maximum Gasteiger partial charge on any atom is 0.336 e. The normalized spacial score (nSPS) is 11.3. The maximum absolute atomic E-state index is 12.0. The van der Waals surface area contributed by atoms with E-state index in [0.717, 1.165) is 33.1 Å². The molecule has 0 saturated carbocycles. The molecule has 2 aromatic heterocycles. The lowest BCUT2D eigenvalue weighted by Crippen LogP contribution is -2.01. The van der Waals surface area contributed by atoms with Gasteiger partial charge in [-0.3, -0.25) is 0 Å². The number of nitrogens with zero attached hydrogens (tertiary/aromatic N) is 3. The van der Waals surface area contributed by atoms with Crippen LogP contribution in [0.1, 0.15) is 16.7 Å². The van der Waals surface area contributed by atoms with E-state index >= 15 is 0 Å². The van der Waals surface area contributed by atoms with Gasteiger partial charge in [-0.1, -0.05) is 53.2 Å². The molecule has 0 aliphatic rings. The molecule has 0 saturated heterocycles. The molecule has 0 aliphatic carbocycles. The van der Waals surface area contributed by atoms with Crippen LogP contribution in [0.15, 0.2) is 56.8 Å². The average Bonchev–Trinajstić information content (AvgIpc) is 3.02. The molecule has 0 bridgehead atoms. The average molecular weight is 412 g/mol. The molecule has 5 nitrogen and oxygen atoms in total. The van der Waals surface area contributed by atoms with E-state index in [1.165, 1.54) is 23.4 Å². The number of thioether (sulfide) groups is 1. The highest BCUT2D eigenvalue weighted by molar-refractivity contribution is 7.98. The minimum atomic E-state index is -0.372. The molecular formula is C21H18ClN3O2S. The number of aromatic nitrogens is 3. The van der Waals surface area contributed by atoms with E-state index in [4.69, 9.17) is 16.0 Å². The van der Waals surface area contributed by atoms with E-state index in [9.17, 15) is 4.79 Å². The van der Waals surface area contributed by atoms with Gasteiger partial charge in [0.25, 0.3) is 0 Å². The fourth-order valence-electron chi connectivity index (χ4n) is 3.00. The third-order valence-electron chi connectivity index (χ3n) is 4.61. The zero-order valence-electron chi connectivity index (χ0n) is 15.7. The van der Waals surface area contributed by atoms with Crippen molar-refractivity contribution < 1.29 is 4.42 Å². The second kappa shape index (κ2) is 7.45. The van der Waals surface area contributed by atoms with Gasteiger partial charge in [0.05, 0.1) is 0 Å². The van der Waals surface area contributed by atoms with Gasteiger partial charge in [-0.25, -0.2) is 4.79 Å². The first-order valence-corrected chi connectivity index (χ1v) is 10.1. The Morgan fingerprint density at radius 2 is 1.86 bits per heavy atom. The number of fused-ring (bicyclic) bond motifs is 1. The lowest BCUT2D eigenvalue weighted by Gasteiger charge is -2.08. The van der Waals surface area contributed by atoms with Crippen molar-refractivity contribution in [3.63, 3.8) is 0 Å². The predicted molar refractivity (Wildman–Crippen MR) is 113 cm³/mol. The van der Waals surface area contributed by atoms with Crippen LogP contribution in [-0.2, 0) is 12.8 Å². The highest BCUT2D eigenvalue weighted by atomic mass is 35.5. The van der Waals surface area contributed by atoms with E-state index in [1.54, 1.807) is 6.07 Å². The number of hydrogen-bond acceptors (Lipinski definition) is 5. The molecule has 0 unspecified atom stereocenters. The zero-order valence-corrected chi connectivity index (χ0v) is 17.3. The van der Waals surface area contributed by atoms with Crippen LogP contribution in [0.4, 0.5) is 0 Å². The highest BCUT2D eigenvalue weighted by Crippen LogP contribution is 2.30. The first-order chi connectivity index (χ1) is 13.4. The summed E-state index contributed by atoms with van der Waals surface area (Å²) in [7, 11) is 1.94. The first kappa shape index (κ1) is 18.8. The van der Waals surface area contributed by atoms with Crippen LogP contribution in [-0.4, -0.2) is 14.8 Å². The summed E-state index contributed by atoms with van der Waals surface area (Å²) in [6.45, 7) is 3.94. The van der Waals surface area contributed by atoms with Crippen molar-refractivity contribution in [2.75, 3.05) is 0 Å². The van der Waals surface area contributed by atoms with Crippen LogP contribution in [0.2, 0.25) is 5.02 Å². The van der Waals surface area contributed by atoms with Gasteiger partial charge < -0.3 is 8.98 Å². The molecule has 2 aromatic carbocycles. The van der Waals surface area contributed by atoms with Gasteiger partial charge in [0.15, 0.2) is 11.0 Å². The predicted octanol–water partition coefficient (Wildman–Crippen LogP) is 5.15. The summed E-state index contributed by atoms with van der Waals surface area (Å²) in [6, 6.07) is 13.3. The van der Waals surface area contributed by atoms with E-state index in [2.05, 4.69) is 29.3 Å². The van der Waals surface area contributed by atoms with Crippen LogP contribution in [0, 0.1) is 13.8 Å². The second-order valence-corrected chi connectivity index (χ2v) is 8.06. The van der Waals surface area contributed by atoms with Crippen LogP contribution in [0.5, 0.6) is 0 Å². The van der Waals surface area contributed by atoms with E-state index in [-0.39, 0.29) is 5.63 Å². The summed E-state index contributed by atoms with van der Waals surface area (Å²) in [5.74, 6) is 1.36. The molecule has 4 aromatic rings. The number of aryl methyl sites for hydroxylation is 2. The number of benzene rings is 2. The topological polar surface area (TPSA) is 60.9 Å². The van der Waals surface area contributed by atoms with Crippen LogP contribution in [0.3, 0.4) is 0 Å². The van der Waals surface area contributed by atoms with Gasteiger partial charge in [-0.2, -0.15) is 0 Å². The lowest BCUT2D eigenvalue weighted by atomic mass is 10.1. The quantitative estimate of drug-likeness (QED) is 0.343. The fraction of sp³-hybridized carbons (Fsp3) is 0.190. The molecule has 0 aliphatic heterocycles. The van der Waals surface area contributed by atoms with Gasteiger partial charge in [-0.05, 0) is 37.1 Å². The van der Waals surface area contributed by atoms with Gasteiger partial charge in [-0.15, -0.1) is 10.2 Å². The highest BCUT2D eigenvalue weighted by Gasteiger charge is 2.14. The first-order valence-electron chi connectivity index (χ1n) is 8.74. The van der Waals surface area contributed by atoms with Crippen molar-refractivity contribution in [1.82, 2.24) is 14.8 Å². The Balaban J connectivity index is 1.64. The van der Waals surface area contributed by atoms with Crippen molar-refractivity contribution >= 4 is 34.3 Å². The Bertz CT molecular complexity index is 1230. The molecule has 2 heterocycles. The molecule has 28 heavy (non-hydrogen) atoms. The van der Waals surface area contributed by atoms with Crippen molar-refractivity contribution in [3.05, 3.63) is 74.6 Å². The van der Waals surface area contributed by atoms with E-state index in [1.807, 2.05) is 36.7 Å². The minimum Gasteiger partial charge on any atom is -0.423 e. The minimum absolute atomic E-state index is 0.372. The van der Waals surface area contributed by atoms with Crippen molar-refractivity contribution in [1.29, 1.82) is 0 Å². The van der Waals surface area contributed by atoms with E-state index in [0.29, 0.717) is 16.4 Å². The third kappa shape index (κ3) is 3.57. The Hall–Kier alpha value is -2.57. The van der Waals surface area contributed by atoms with Crippen molar-refractivity contribution in [3.8, 4) is 11.4 Å². The third-order valence-corrected chi connectivity index (χ3v) is 6.09. The fourth-order valence-corrected chi connectivity index (χ4v) is 4.07. The number of rotatable bonds is 4. The molecule has 0 atom stereocenters. The molecule has 0 spiro atoms. The van der Waals surface area contributed by atoms with Gasteiger partial charge >= 0.3 is 5.63 Å². The number of halogens is 1. The summed E-state index contributed by atoms with van der Waals surface area (Å²) in [6.07, 6.45) is 0.